The maximum absolute atomic E-state index is 5.45. The first kappa shape index (κ1) is 21.4. The molecule has 2 aliphatic rings. The number of anilines is 3. The van der Waals surface area contributed by atoms with Gasteiger partial charge in [-0.2, -0.15) is 20.1 Å². The summed E-state index contributed by atoms with van der Waals surface area (Å²) in [5.41, 5.74) is 4.88. The second kappa shape index (κ2) is 10.0. The number of morpholine rings is 1. The van der Waals surface area contributed by atoms with Crippen molar-refractivity contribution < 1.29 is 14.2 Å². The van der Waals surface area contributed by atoms with E-state index in [9.17, 15) is 0 Å². The Labute approximate surface area is 199 Å². The van der Waals surface area contributed by atoms with Crippen LogP contribution in [0.3, 0.4) is 0 Å². The summed E-state index contributed by atoms with van der Waals surface area (Å²) in [7, 11) is 0. The summed E-state index contributed by atoms with van der Waals surface area (Å²) in [4.78, 5) is 15.7. The summed E-state index contributed by atoms with van der Waals surface area (Å²) in [6.45, 7) is 3.52. The summed E-state index contributed by atoms with van der Waals surface area (Å²) in [6.07, 6.45) is 1.67. The Balaban J connectivity index is 1.34. The molecule has 0 unspecified atom stereocenters. The van der Waals surface area contributed by atoms with E-state index in [-0.39, 0.29) is 6.79 Å². The zero-order valence-corrected chi connectivity index (χ0v) is 19.3. The molecule has 1 aromatic heterocycles. The van der Waals surface area contributed by atoms with E-state index in [1.54, 1.807) is 6.21 Å². The Morgan fingerprint density at radius 3 is 2.58 bits per heavy atom. The molecule has 0 bridgehead atoms. The largest absolute Gasteiger partial charge is 0.454 e. The number of fused-ring (bicyclic) bond motifs is 1. The van der Waals surface area contributed by atoms with Crippen molar-refractivity contribution in [3.05, 3.63) is 58.1 Å². The van der Waals surface area contributed by atoms with Crippen molar-refractivity contribution in [3.63, 3.8) is 0 Å². The molecular weight excluding hydrogens is 490 g/mol. The molecule has 10 nitrogen and oxygen atoms in total. The fraction of sp³-hybridized carbons (Fsp3) is 0.273. The number of nitrogens with one attached hydrogen (secondary N) is 2. The number of aromatic nitrogens is 3. The average Bonchev–Trinajstić information content (AvgIpc) is 3.31. The molecule has 11 heteroatoms. The van der Waals surface area contributed by atoms with Crippen LogP contribution in [0.2, 0.25) is 0 Å². The number of hydrogen-bond acceptors (Lipinski definition) is 10. The molecule has 3 heterocycles. The van der Waals surface area contributed by atoms with Crippen LogP contribution < -0.4 is 25.1 Å². The molecule has 3 aromatic rings. The number of hydrogen-bond donors (Lipinski definition) is 2. The van der Waals surface area contributed by atoms with Gasteiger partial charge in [-0.15, -0.1) is 0 Å². The highest BCUT2D eigenvalue weighted by atomic mass is 79.9. The summed E-state index contributed by atoms with van der Waals surface area (Å²) >= 11 is 3.53. The highest BCUT2D eigenvalue weighted by Gasteiger charge is 2.17. The fourth-order valence-corrected chi connectivity index (χ4v) is 3.79. The normalized spacial score (nSPS) is 15.1. The Hall–Kier alpha value is -3.44. The van der Waals surface area contributed by atoms with Crippen molar-refractivity contribution in [2.75, 3.05) is 48.7 Å². The lowest BCUT2D eigenvalue weighted by Gasteiger charge is -2.27. The van der Waals surface area contributed by atoms with Crippen LogP contribution in [-0.2, 0) is 11.3 Å². The number of rotatable bonds is 7. The van der Waals surface area contributed by atoms with E-state index in [0.29, 0.717) is 49.1 Å². The minimum absolute atomic E-state index is 0.217. The lowest BCUT2D eigenvalue weighted by atomic mass is 10.2. The minimum atomic E-state index is 0.217. The monoisotopic (exact) mass is 511 g/mol. The smallest absolute Gasteiger partial charge is 0.250 e. The summed E-state index contributed by atoms with van der Waals surface area (Å²) in [5.74, 6) is 2.77. The number of ether oxygens (including phenoxy) is 3. The van der Waals surface area contributed by atoms with Gasteiger partial charge in [-0.05, 0) is 33.6 Å². The zero-order chi connectivity index (χ0) is 22.5. The maximum Gasteiger partial charge on any atom is 0.250 e. The van der Waals surface area contributed by atoms with Crippen LogP contribution in [0.1, 0.15) is 11.1 Å². The molecule has 0 aliphatic carbocycles. The predicted octanol–water partition coefficient (Wildman–Crippen LogP) is 3.26. The quantitative estimate of drug-likeness (QED) is 0.365. The highest BCUT2D eigenvalue weighted by molar-refractivity contribution is 9.10. The molecule has 0 amide bonds. The van der Waals surface area contributed by atoms with E-state index in [0.717, 1.165) is 28.7 Å². The number of hydrazone groups is 1. The second-order valence-corrected chi connectivity index (χ2v) is 8.17. The SMILES string of the molecule is Brc1cc2c(cc1/C=N\Nc1nc(NCc3ccccc3)nc(N3CCOCC3)n1)OCO2. The van der Waals surface area contributed by atoms with E-state index in [1.807, 2.05) is 42.5 Å². The van der Waals surface area contributed by atoms with E-state index in [2.05, 4.69) is 51.6 Å². The Bertz CT molecular complexity index is 1140. The molecule has 170 valence electrons. The van der Waals surface area contributed by atoms with Gasteiger partial charge in [0.2, 0.25) is 24.6 Å². The van der Waals surface area contributed by atoms with Crippen LogP contribution in [-0.4, -0.2) is 54.3 Å². The van der Waals surface area contributed by atoms with Crippen molar-refractivity contribution >= 4 is 40.0 Å². The van der Waals surface area contributed by atoms with Gasteiger partial charge in [0, 0.05) is 29.7 Å². The van der Waals surface area contributed by atoms with E-state index < -0.39 is 0 Å². The summed E-state index contributed by atoms with van der Waals surface area (Å²) in [5, 5.41) is 7.60. The van der Waals surface area contributed by atoms with Crippen molar-refractivity contribution in [1.82, 2.24) is 15.0 Å². The Kier molecular flexibility index (Phi) is 6.49. The van der Waals surface area contributed by atoms with E-state index >= 15 is 0 Å². The Morgan fingerprint density at radius 1 is 1.00 bits per heavy atom. The lowest BCUT2D eigenvalue weighted by Crippen LogP contribution is -2.37. The number of benzene rings is 2. The molecule has 0 radical (unpaired) electrons. The molecule has 1 saturated heterocycles. The summed E-state index contributed by atoms with van der Waals surface area (Å²) < 4.78 is 17.1. The molecule has 33 heavy (non-hydrogen) atoms. The van der Waals surface area contributed by atoms with Crippen LogP contribution in [0.4, 0.5) is 17.8 Å². The third-order valence-corrected chi connectivity index (χ3v) is 5.76. The topological polar surface area (TPSA) is 106 Å². The van der Waals surface area contributed by atoms with Gasteiger partial charge in [0.15, 0.2) is 11.5 Å². The standard InChI is InChI=1S/C22H22BrN7O3/c23-17-11-19-18(32-14-33-19)10-16(17)13-25-29-21-26-20(24-12-15-4-2-1-3-5-15)27-22(28-21)30-6-8-31-9-7-30/h1-5,10-11,13H,6-9,12,14H2,(H2,24,26,27,28,29)/b25-13-. The highest BCUT2D eigenvalue weighted by Crippen LogP contribution is 2.36. The molecule has 1 fully saturated rings. The van der Waals surface area contributed by atoms with Gasteiger partial charge in [-0.25, -0.2) is 5.43 Å². The minimum Gasteiger partial charge on any atom is -0.454 e. The lowest BCUT2D eigenvalue weighted by molar-refractivity contribution is 0.122. The molecule has 0 saturated carbocycles. The molecular formula is C22H22BrN7O3. The molecule has 2 aliphatic heterocycles. The third kappa shape index (κ3) is 5.32. The van der Waals surface area contributed by atoms with Crippen LogP contribution in [0.25, 0.3) is 0 Å². The first-order valence-corrected chi connectivity index (χ1v) is 11.3. The Morgan fingerprint density at radius 2 is 1.76 bits per heavy atom. The number of halogens is 1. The average molecular weight is 512 g/mol. The maximum atomic E-state index is 5.45. The van der Waals surface area contributed by atoms with Crippen LogP contribution >= 0.6 is 15.9 Å². The molecule has 0 spiro atoms. The van der Waals surface area contributed by atoms with Gasteiger partial charge < -0.3 is 24.4 Å². The predicted molar refractivity (Wildman–Crippen MR) is 128 cm³/mol. The van der Waals surface area contributed by atoms with Crippen LogP contribution in [0.15, 0.2) is 52.0 Å². The van der Waals surface area contributed by atoms with Gasteiger partial charge in [-0.1, -0.05) is 30.3 Å². The summed E-state index contributed by atoms with van der Waals surface area (Å²) in [6, 6.07) is 13.8. The molecule has 5 rings (SSSR count). The third-order valence-electron chi connectivity index (χ3n) is 5.07. The van der Waals surface area contributed by atoms with E-state index in [1.165, 1.54) is 0 Å². The fourth-order valence-electron chi connectivity index (χ4n) is 3.37. The number of nitrogens with zero attached hydrogens (tertiary/aromatic N) is 5. The van der Waals surface area contributed by atoms with Gasteiger partial charge in [0.1, 0.15) is 0 Å². The van der Waals surface area contributed by atoms with Crippen LogP contribution in [0, 0.1) is 0 Å². The van der Waals surface area contributed by atoms with Crippen molar-refractivity contribution in [2.45, 2.75) is 6.54 Å². The van der Waals surface area contributed by atoms with Crippen molar-refractivity contribution in [3.8, 4) is 11.5 Å². The van der Waals surface area contributed by atoms with Gasteiger partial charge in [-0.3, -0.25) is 0 Å². The van der Waals surface area contributed by atoms with Gasteiger partial charge in [0.25, 0.3) is 0 Å². The molecule has 2 aromatic carbocycles. The molecule has 0 atom stereocenters. The first-order valence-electron chi connectivity index (χ1n) is 10.5. The second-order valence-electron chi connectivity index (χ2n) is 7.32. The van der Waals surface area contributed by atoms with E-state index in [4.69, 9.17) is 14.2 Å². The first-order chi connectivity index (χ1) is 16.2. The van der Waals surface area contributed by atoms with Crippen LogP contribution in [0.5, 0.6) is 11.5 Å². The molecule has 2 N–H and O–H groups in total. The van der Waals surface area contributed by atoms with Crippen molar-refractivity contribution in [1.29, 1.82) is 0 Å². The van der Waals surface area contributed by atoms with Crippen molar-refractivity contribution in [2.24, 2.45) is 5.10 Å². The van der Waals surface area contributed by atoms with Gasteiger partial charge >= 0.3 is 0 Å². The van der Waals surface area contributed by atoms with Gasteiger partial charge in [0.05, 0.1) is 19.4 Å². The zero-order valence-electron chi connectivity index (χ0n) is 17.7.